The first-order valence-corrected chi connectivity index (χ1v) is 9.48. The van der Waals surface area contributed by atoms with Crippen LogP contribution in [0.4, 0.5) is 5.82 Å². The van der Waals surface area contributed by atoms with E-state index in [4.69, 9.17) is 15.8 Å². The summed E-state index contributed by atoms with van der Waals surface area (Å²) in [6.45, 7) is 0. The second-order valence-electron chi connectivity index (χ2n) is 6.21. The van der Waals surface area contributed by atoms with Crippen molar-refractivity contribution in [3.05, 3.63) is 84.9 Å². The predicted octanol–water partition coefficient (Wildman–Crippen LogP) is 5.40. The van der Waals surface area contributed by atoms with E-state index in [9.17, 15) is 0 Å². The van der Waals surface area contributed by atoms with Gasteiger partial charge in [-0.3, -0.25) is 0 Å². The number of nitrogen functional groups attached to an aromatic ring is 1. The van der Waals surface area contributed by atoms with Crippen molar-refractivity contribution in [2.24, 2.45) is 0 Å². The highest BCUT2D eigenvalue weighted by atomic mass is 32.1. The number of hydrogen-bond acceptors (Lipinski definition) is 4. The minimum atomic E-state index is 0.596. The van der Waals surface area contributed by atoms with E-state index >= 15 is 0 Å². The van der Waals surface area contributed by atoms with Gasteiger partial charge in [0, 0.05) is 5.56 Å². The number of hydrogen-bond donors (Lipinski definition) is 1. The lowest BCUT2D eigenvalue weighted by atomic mass is 10.1. The SMILES string of the molecule is Nc1c(-c2nc3ccccc3s2)c(-c2ccccc2)nn1-c1ccccc1. The highest BCUT2D eigenvalue weighted by Gasteiger charge is 2.22. The van der Waals surface area contributed by atoms with Gasteiger partial charge >= 0.3 is 0 Å². The van der Waals surface area contributed by atoms with Gasteiger partial charge < -0.3 is 5.73 Å². The van der Waals surface area contributed by atoms with Crippen LogP contribution in [0.2, 0.25) is 0 Å². The molecule has 0 saturated heterocycles. The van der Waals surface area contributed by atoms with Crippen LogP contribution in [-0.2, 0) is 0 Å². The molecule has 0 spiro atoms. The number of nitrogens with two attached hydrogens (primary N) is 1. The fraction of sp³-hybridized carbons (Fsp3) is 0. The Morgan fingerprint density at radius 3 is 2.19 bits per heavy atom. The Hall–Kier alpha value is -3.44. The first-order valence-electron chi connectivity index (χ1n) is 8.66. The van der Waals surface area contributed by atoms with Crippen LogP contribution in [-0.4, -0.2) is 14.8 Å². The van der Waals surface area contributed by atoms with Crippen molar-refractivity contribution in [3.63, 3.8) is 0 Å². The van der Waals surface area contributed by atoms with Crippen LogP contribution in [0.25, 0.3) is 37.7 Å². The molecule has 0 amide bonds. The van der Waals surface area contributed by atoms with Gasteiger partial charge in [0.2, 0.25) is 0 Å². The van der Waals surface area contributed by atoms with Crippen molar-refractivity contribution < 1.29 is 0 Å². The molecule has 0 radical (unpaired) electrons. The normalized spacial score (nSPS) is 11.1. The third kappa shape index (κ3) is 2.69. The minimum absolute atomic E-state index is 0.596. The highest BCUT2D eigenvalue weighted by Crippen LogP contribution is 2.40. The molecule has 0 aliphatic carbocycles. The molecule has 3 aromatic carbocycles. The minimum Gasteiger partial charge on any atom is -0.383 e. The lowest BCUT2D eigenvalue weighted by Crippen LogP contribution is -2.01. The number of thiazole rings is 1. The summed E-state index contributed by atoms with van der Waals surface area (Å²) in [4.78, 5) is 4.82. The molecule has 4 nitrogen and oxygen atoms in total. The first kappa shape index (κ1) is 15.8. The van der Waals surface area contributed by atoms with E-state index in [2.05, 4.69) is 6.07 Å². The summed E-state index contributed by atoms with van der Waals surface area (Å²) in [6.07, 6.45) is 0. The Morgan fingerprint density at radius 1 is 0.778 bits per heavy atom. The molecule has 2 N–H and O–H groups in total. The fourth-order valence-corrected chi connectivity index (χ4v) is 4.21. The smallest absolute Gasteiger partial charge is 0.138 e. The first-order chi connectivity index (χ1) is 13.3. The van der Waals surface area contributed by atoms with Crippen LogP contribution in [0.5, 0.6) is 0 Å². The number of aromatic nitrogens is 3. The summed E-state index contributed by atoms with van der Waals surface area (Å²) in [6, 6.07) is 28.2. The maximum absolute atomic E-state index is 6.59. The molecule has 27 heavy (non-hydrogen) atoms. The van der Waals surface area contributed by atoms with E-state index in [0.717, 1.165) is 37.7 Å². The number of nitrogens with zero attached hydrogens (tertiary/aromatic N) is 3. The Labute approximate surface area is 160 Å². The number of rotatable bonds is 3. The lowest BCUT2D eigenvalue weighted by molar-refractivity contribution is 0.895. The summed E-state index contributed by atoms with van der Waals surface area (Å²) >= 11 is 1.64. The molecule has 2 aromatic heterocycles. The summed E-state index contributed by atoms with van der Waals surface area (Å²) in [7, 11) is 0. The van der Waals surface area contributed by atoms with Gasteiger partial charge in [-0.2, -0.15) is 5.10 Å². The van der Waals surface area contributed by atoms with Crippen molar-refractivity contribution in [1.29, 1.82) is 0 Å². The van der Waals surface area contributed by atoms with Crippen molar-refractivity contribution in [2.75, 3.05) is 5.73 Å². The van der Waals surface area contributed by atoms with Gasteiger partial charge in [0.25, 0.3) is 0 Å². The maximum Gasteiger partial charge on any atom is 0.138 e. The summed E-state index contributed by atoms with van der Waals surface area (Å²) in [5, 5.41) is 5.74. The maximum atomic E-state index is 6.59. The number of para-hydroxylation sites is 2. The fourth-order valence-electron chi connectivity index (χ4n) is 3.19. The van der Waals surface area contributed by atoms with Gasteiger partial charge in [0.05, 0.1) is 21.5 Å². The summed E-state index contributed by atoms with van der Waals surface area (Å²) in [5.74, 6) is 0.596. The van der Waals surface area contributed by atoms with Crippen LogP contribution >= 0.6 is 11.3 Å². The summed E-state index contributed by atoms with van der Waals surface area (Å²) in [5.41, 5.74) is 11.2. The van der Waals surface area contributed by atoms with E-state index in [0.29, 0.717) is 5.82 Å². The second-order valence-corrected chi connectivity index (χ2v) is 7.24. The third-order valence-corrected chi connectivity index (χ3v) is 5.53. The zero-order chi connectivity index (χ0) is 18.2. The molecule has 0 aliphatic rings. The van der Waals surface area contributed by atoms with Gasteiger partial charge in [-0.15, -0.1) is 11.3 Å². The van der Waals surface area contributed by atoms with Crippen molar-refractivity contribution in [3.8, 4) is 27.5 Å². The average molecular weight is 368 g/mol. The van der Waals surface area contributed by atoms with Crippen LogP contribution < -0.4 is 5.73 Å². The van der Waals surface area contributed by atoms with Crippen LogP contribution in [0.1, 0.15) is 0 Å². The molecule has 0 bridgehead atoms. The average Bonchev–Trinajstić information content (AvgIpc) is 3.30. The second kappa shape index (κ2) is 6.37. The van der Waals surface area contributed by atoms with Crippen LogP contribution in [0.15, 0.2) is 84.9 Å². The quantitative estimate of drug-likeness (QED) is 0.464. The molecule has 0 unspecified atom stereocenters. The molecule has 5 aromatic rings. The van der Waals surface area contributed by atoms with E-state index < -0.39 is 0 Å². The van der Waals surface area contributed by atoms with Crippen LogP contribution in [0.3, 0.4) is 0 Å². The largest absolute Gasteiger partial charge is 0.383 e. The Morgan fingerprint density at radius 2 is 1.44 bits per heavy atom. The molecule has 0 atom stereocenters. The van der Waals surface area contributed by atoms with E-state index in [1.165, 1.54) is 0 Å². The number of benzene rings is 3. The number of anilines is 1. The Bertz CT molecular complexity index is 1190. The predicted molar refractivity (Wildman–Crippen MR) is 112 cm³/mol. The Kier molecular flexibility index (Phi) is 3.73. The van der Waals surface area contributed by atoms with E-state index in [1.54, 1.807) is 16.0 Å². The standard InChI is InChI=1S/C22H16N4S/c23-21-19(22-24-17-13-7-8-14-18(17)27-22)20(15-9-3-1-4-10-15)25-26(21)16-11-5-2-6-12-16/h1-14H,23H2. The molecular weight excluding hydrogens is 352 g/mol. The third-order valence-electron chi connectivity index (χ3n) is 4.48. The highest BCUT2D eigenvalue weighted by molar-refractivity contribution is 7.21. The van der Waals surface area contributed by atoms with Crippen molar-refractivity contribution in [2.45, 2.75) is 0 Å². The van der Waals surface area contributed by atoms with Crippen LogP contribution in [0, 0.1) is 0 Å². The molecule has 5 rings (SSSR count). The lowest BCUT2D eigenvalue weighted by Gasteiger charge is -2.03. The molecular formula is C22H16N4S. The molecule has 0 saturated carbocycles. The zero-order valence-electron chi connectivity index (χ0n) is 14.4. The molecule has 130 valence electrons. The zero-order valence-corrected chi connectivity index (χ0v) is 15.2. The van der Waals surface area contributed by atoms with Gasteiger partial charge in [-0.05, 0) is 24.3 Å². The summed E-state index contributed by atoms with van der Waals surface area (Å²) < 4.78 is 2.93. The monoisotopic (exact) mass is 368 g/mol. The van der Waals surface area contributed by atoms with E-state index in [1.807, 2.05) is 78.9 Å². The van der Waals surface area contributed by atoms with Crippen molar-refractivity contribution >= 4 is 27.4 Å². The van der Waals surface area contributed by atoms with Gasteiger partial charge in [-0.25, -0.2) is 9.67 Å². The Balaban J connectivity index is 1.79. The topological polar surface area (TPSA) is 56.7 Å². The van der Waals surface area contributed by atoms with Gasteiger partial charge in [0.15, 0.2) is 0 Å². The number of fused-ring (bicyclic) bond motifs is 1. The molecule has 0 aliphatic heterocycles. The van der Waals surface area contributed by atoms with E-state index in [-0.39, 0.29) is 0 Å². The molecule has 0 fully saturated rings. The molecule has 2 heterocycles. The van der Waals surface area contributed by atoms with Gasteiger partial charge in [-0.1, -0.05) is 60.7 Å². The van der Waals surface area contributed by atoms with Gasteiger partial charge in [0.1, 0.15) is 16.5 Å². The molecule has 5 heteroatoms. The van der Waals surface area contributed by atoms with Crippen molar-refractivity contribution in [1.82, 2.24) is 14.8 Å².